The van der Waals surface area contributed by atoms with Crippen LogP contribution in [0.15, 0.2) is 12.2 Å². The Hall–Kier alpha value is -3.38. The van der Waals surface area contributed by atoms with Crippen LogP contribution in [0.1, 0.15) is 6.92 Å². The van der Waals surface area contributed by atoms with Crippen molar-refractivity contribution in [3.8, 4) is 0 Å². The normalized spacial score (nSPS) is 17.6. The summed E-state index contributed by atoms with van der Waals surface area (Å²) < 4.78 is 507. The van der Waals surface area contributed by atoms with E-state index in [1.54, 1.807) is 4.74 Å². The Morgan fingerprint density at radius 3 is 0.541 bits per heavy atom. The molecule has 0 aromatic rings. The van der Waals surface area contributed by atoms with E-state index in [-0.39, 0.29) is 0 Å². The molecule has 39 heteroatoms. The molecule has 0 aliphatic carbocycles. The van der Waals surface area contributed by atoms with Gasteiger partial charge in [0.25, 0.3) is 0 Å². The van der Waals surface area contributed by atoms with Crippen LogP contribution >= 0.6 is 0 Å². The number of hydrogen-bond acceptors (Lipinski definition) is 2. The van der Waals surface area contributed by atoms with Gasteiger partial charge in [0.05, 0.1) is 0 Å². The monoisotopic (exact) mass is 1000 g/mol. The number of carbonyl (C=O) groups is 1. The van der Waals surface area contributed by atoms with Crippen molar-refractivity contribution in [2.75, 3.05) is 0 Å². The maximum absolute atomic E-state index is 15.3. The lowest BCUT2D eigenvalue weighted by atomic mass is 9.81. The Balaban J connectivity index is 8.51. The van der Waals surface area contributed by atoms with E-state index in [1.165, 1.54) is 0 Å². The molecule has 1 unspecified atom stereocenters. The fourth-order valence-electron chi connectivity index (χ4n) is 3.47. The largest absolute Gasteiger partial charge is 0.460 e. The minimum atomic E-state index is -10.4. The van der Waals surface area contributed by atoms with Crippen molar-refractivity contribution in [1.82, 2.24) is 0 Å². The summed E-state index contributed by atoms with van der Waals surface area (Å²) in [7, 11) is 0. The van der Waals surface area contributed by atoms with E-state index < -0.39 is 126 Å². The van der Waals surface area contributed by atoms with Gasteiger partial charge in [-0.15, -0.1) is 0 Å². The van der Waals surface area contributed by atoms with Crippen molar-refractivity contribution in [3.05, 3.63) is 12.2 Å². The topological polar surface area (TPSA) is 26.3 Å². The molecule has 0 aliphatic heterocycles. The molecule has 0 aliphatic rings. The number of halogens is 37. The first-order valence-corrected chi connectivity index (χ1v) is 13.0. The standard InChI is InChI=1S/C22H5F37O2/c1-3(2)4(60)61-20(53,17(47,48)13(39,40)9(31,32)7(27,28)11(35,36)15(43,44)19(51,52)22(57,58)59)16(45,46)12(37,38)8(29,30)5(23,24)6(25,26)10(33,34)14(41,42)18(49,50)21(54,55)56/h1H2,2H3. The first kappa shape index (κ1) is 57.6. The molecule has 0 fully saturated rings. The Kier molecular flexibility index (Phi) is 13.3. The van der Waals surface area contributed by atoms with Crippen LogP contribution in [0.25, 0.3) is 0 Å². The third kappa shape index (κ3) is 6.71. The van der Waals surface area contributed by atoms with Crippen LogP contribution in [0.4, 0.5) is 162 Å². The molecule has 0 N–H and O–H groups in total. The van der Waals surface area contributed by atoms with Gasteiger partial charge in [0.2, 0.25) is 0 Å². The summed E-state index contributed by atoms with van der Waals surface area (Å²) in [6.45, 7) is 1.33. The fraction of sp³-hybridized carbons (Fsp3) is 0.864. The first-order valence-electron chi connectivity index (χ1n) is 13.0. The predicted molar refractivity (Wildman–Crippen MR) is 111 cm³/mol. The molecule has 61 heavy (non-hydrogen) atoms. The van der Waals surface area contributed by atoms with Gasteiger partial charge in [0, 0.05) is 5.57 Å². The summed E-state index contributed by atoms with van der Waals surface area (Å²) >= 11 is 0. The molecule has 0 radical (unpaired) electrons. The van der Waals surface area contributed by atoms with Gasteiger partial charge in [0.15, 0.2) is 0 Å². The third-order valence-corrected chi connectivity index (χ3v) is 7.23. The number of carbonyl (C=O) groups excluding carboxylic acids is 1. The molecular weight excluding hydrogens is 999 g/mol. The number of hydrogen-bond donors (Lipinski definition) is 0. The first-order chi connectivity index (χ1) is 25.6. The Morgan fingerprint density at radius 1 is 0.279 bits per heavy atom. The average Bonchev–Trinajstić information content (AvgIpc) is 3.01. The zero-order chi connectivity index (χ0) is 50.9. The lowest BCUT2D eigenvalue weighted by Crippen LogP contribution is -2.81. The van der Waals surface area contributed by atoms with Gasteiger partial charge in [-0.3, -0.25) is 0 Å². The third-order valence-electron chi connectivity index (χ3n) is 7.23. The lowest BCUT2D eigenvalue weighted by molar-refractivity contribution is -0.501. The molecule has 0 amide bonds. The van der Waals surface area contributed by atoms with Gasteiger partial charge in [0.1, 0.15) is 0 Å². The van der Waals surface area contributed by atoms with Crippen molar-refractivity contribution in [3.63, 3.8) is 0 Å². The van der Waals surface area contributed by atoms with E-state index in [0.29, 0.717) is 0 Å². The molecule has 0 saturated heterocycles. The molecule has 0 bridgehead atoms. The average molecular weight is 1000 g/mol. The molecule has 1 atom stereocenters. The lowest BCUT2D eigenvalue weighted by Gasteiger charge is -2.48. The smallest absolute Gasteiger partial charge is 0.413 e. The van der Waals surface area contributed by atoms with Crippen LogP contribution in [-0.4, -0.2) is 113 Å². The number of rotatable bonds is 17. The second-order valence-electron chi connectivity index (χ2n) is 11.4. The van der Waals surface area contributed by atoms with Crippen LogP contribution < -0.4 is 0 Å². The summed E-state index contributed by atoms with van der Waals surface area (Å²) in [6.07, 6.45) is -17.0. The van der Waals surface area contributed by atoms with Crippen molar-refractivity contribution in [2.45, 2.75) is 114 Å². The van der Waals surface area contributed by atoms with Crippen molar-refractivity contribution in [1.29, 1.82) is 0 Å². The minimum Gasteiger partial charge on any atom is -0.413 e. The second-order valence-corrected chi connectivity index (χ2v) is 11.4. The highest BCUT2D eigenvalue weighted by atomic mass is 19.4. The van der Waals surface area contributed by atoms with Gasteiger partial charge in [-0.1, -0.05) is 6.58 Å². The fourth-order valence-corrected chi connectivity index (χ4v) is 3.47. The predicted octanol–water partition coefficient (Wildman–Crippen LogP) is 12.4. The highest BCUT2D eigenvalue weighted by molar-refractivity contribution is 5.87. The molecule has 2 nitrogen and oxygen atoms in total. The number of alkyl halides is 37. The van der Waals surface area contributed by atoms with E-state index in [2.05, 4.69) is 0 Å². The summed E-state index contributed by atoms with van der Waals surface area (Å²) in [5, 5.41) is 0. The zero-order valence-electron chi connectivity index (χ0n) is 26.5. The Bertz CT molecular complexity index is 1660. The van der Waals surface area contributed by atoms with Crippen LogP contribution in [0.3, 0.4) is 0 Å². The van der Waals surface area contributed by atoms with Crippen LogP contribution in [0, 0.1) is 0 Å². The molecule has 0 rings (SSSR count). The van der Waals surface area contributed by atoms with E-state index in [1.807, 2.05) is 6.58 Å². The van der Waals surface area contributed by atoms with Gasteiger partial charge in [-0.25, -0.2) is 4.79 Å². The van der Waals surface area contributed by atoms with Gasteiger partial charge in [-0.05, 0) is 6.92 Å². The minimum absolute atomic E-state index is 0.510. The van der Waals surface area contributed by atoms with Crippen LogP contribution in [0.2, 0.25) is 0 Å². The summed E-state index contributed by atoms with van der Waals surface area (Å²) in [6, 6.07) is 0. The van der Waals surface area contributed by atoms with Gasteiger partial charge < -0.3 is 4.74 Å². The Labute approximate surface area is 305 Å². The van der Waals surface area contributed by atoms with E-state index in [9.17, 15) is 163 Å². The number of ether oxygens (including phenoxy) is 1. The van der Waals surface area contributed by atoms with Crippen molar-refractivity contribution < 1.29 is 172 Å². The molecule has 0 heterocycles. The molecule has 0 saturated carbocycles. The number of esters is 1. The van der Waals surface area contributed by atoms with E-state index in [0.717, 1.165) is 0 Å². The molecule has 0 spiro atoms. The molecule has 0 aromatic heterocycles. The maximum atomic E-state index is 15.3. The summed E-state index contributed by atoms with van der Waals surface area (Å²) in [5.74, 6) is -163. The van der Waals surface area contributed by atoms with Crippen LogP contribution in [-0.2, 0) is 9.53 Å². The van der Waals surface area contributed by atoms with Crippen molar-refractivity contribution in [2.24, 2.45) is 0 Å². The molecule has 0 aromatic carbocycles. The zero-order valence-corrected chi connectivity index (χ0v) is 26.5. The Morgan fingerprint density at radius 2 is 0.410 bits per heavy atom. The SMILES string of the molecule is C=C(C)C(=O)OC(F)(C(F)(F)C(F)(F)C(F)(F)C(F)(F)C(F)(F)C(F)(F)C(F)(F)C(F)(F)F)C(F)(F)C(F)(F)C(F)(F)C(F)(F)C(F)(F)C(F)(F)C(F)(F)C(F)(F)C(F)(F)F. The van der Waals surface area contributed by atoms with E-state index >= 15 is 4.39 Å². The maximum Gasteiger partial charge on any atom is 0.460 e. The molecular formula is C22H5F37O2. The summed E-state index contributed by atoms with van der Waals surface area (Å²) in [5.41, 5.74) is -2.51. The van der Waals surface area contributed by atoms with Crippen molar-refractivity contribution >= 4 is 5.97 Å². The second kappa shape index (κ2) is 14.1. The highest BCUT2D eigenvalue weighted by Crippen LogP contribution is 2.70. The van der Waals surface area contributed by atoms with Gasteiger partial charge in [-0.2, -0.15) is 162 Å². The van der Waals surface area contributed by atoms with Crippen LogP contribution in [0.5, 0.6) is 0 Å². The quantitative estimate of drug-likeness (QED) is 0.0825. The molecule has 364 valence electrons. The highest BCUT2D eigenvalue weighted by Gasteiger charge is 3.03. The summed E-state index contributed by atoms with van der Waals surface area (Å²) in [4.78, 5) is 11.4. The van der Waals surface area contributed by atoms with Gasteiger partial charge >= 0.3 is 113 Å². The van der Waals surface area contributed by atoms with E-state index in [4.69, 9.17) is 0 Å².